The number of hydrogen-bond donors (Lipinski definition) is 2. The van der Waals surface area contributed by atoms with Gasteiger partial charge in [-0.05, 0) is 18.7 Å². The quantitative estimate of drug-likeness (QED) is 0.780. The van der Waals surface area contributed by atoms with Crippen LogP contribution in [0.1, 0.15) is 23.0 Å². The predicted octanol–water partition coefficient (Wildman–Crippen LogP) is 2.19. The van der Waals surface area contributed by atoms with Gasteiger partial charge in [0.15, 0.2) is 0 Å². The summed E-state index contributed by atoms with van der Waals surface area (Å²) < 4.78 is 1.07. The first kappa shape index (κ1) is 11.4. The summed E-state index contributed by atoms with van der Waals surface area (Å²) in [5, 5.41) is 2.81. The highest BCUT2D eigenvalue weighted by Crippen LogP contribution is 2.30. The zero-order chi connectivity index (χ0) is 10.6. The van der Waals surface area contributed by atoms with E-state index in [-0.39, 0.29) is 5.91 Å². The SMILES string of the molecule is CCCNC(=O)c1sc(SC)cc1N. The summed E-state index contributed by atoms with van der Waals surface area (Å²) in [6, 6.07) is 1.84. The van der Waals surface area contributed by atoms with Crippen LogP contribution in [0.5, 0.6) is 0 Å². The summed E-state index contributed by atoms with van der Waals surface area (Å²) in [6.45, 7) is 2.72. The van der Waals surface area contributed by atoms with Crippen LogP contribution in [0.3, 0.4) is 0 Å². The highest BCUT2D eigenvalue weighted by Gasteiger charge is 2.12. The van der Waals surface area contributed by atoms with Gasteiger partial charge in [-0.3, -0.25) is 4.79 Å². The molecule has 0 bridgehead atoms. The number of nitrogen functional groups attached to an aromatic ring is 1. The number of anilines is 1. The minimum absolute atomic E-state index is 0.0605. The zero-order valence-corrected chi connectivity index (χ0v) is 9.93. The Hall–Kier alpha value is -0.680. The number of nitrogens with two attached hydrogens (primary N) is 1. The Kier molecular flexibility index (Phi) is 4.28. The van der Waals surface area contributed by atoms with Crippen molar-refractivity contribution in [3.8, 4) is 0 Å². The van der Waals surface area contributed by atoms with Crippen LogP contribution in [0.15, 0.2) is 10.3 Å². The molecular weight excluding hydrogens is 216 g/mol. The van der Waals surface area contributed by atoms with Crippen molar-refractivity contribution in [1.29, 1.82) is 0 Å². The standard InChI is InChI=1S/C9H14N2OS2/c1-3-4-11-9(12)8-6(10)5-7(13-2)14-8/h5H,3-4,10H2,1-2H3,(H,11,12). The molecule has 1 amide bonds. The van der Waals surface area contributed by atoms with Crippen LogP contribution in [0.4, 0.5) is 5.69 Å². The minimum atomic E-state index is -0.0605. The third-order valence-corrected chi connectivity index (χ3v) is 3.90. The van der Waals surface area contributed by atoms with Crippen molar-refractivity contribution in [2.45, 2.75) is 17.6 Å². The summed E-state index contributed by atoms with van der Waals surface area (Å²) >= 11 is 3.05. The molecule has 3 nitrogen and oxygen atoms in total. The van der Waals surface area contributed by atoms with E-state index in [2.05, 4.69) is 5.32 Å². The largest absolute Gasteiger partial charge is 0.397 e. The molecule has 1 rings (SSSR count). The fourth-order valence-electron chi connectivity index (χ4n) is 0.978. The van der Waals surface area contributed by atoms with Crippen molar-refractivity contribution >= 4 is 34.7 Å². The Balaban J connectivity index is 2.73. The van der Waals surface area contributed by atoms with Crippen LogP contribution in [-0.2, 0) is 0 Å². The van der Waals surface area contributed by atoms with E-state index < -0.39 is 0 Å². The monoisotopic (exact) mass is 230 g/mol. The van der Waals surface area contributed by atoms with Gasteiger partial charge < -0.3 is 11.1 Å². The molecule has 0 unspecified atom stereocenters. The minimum Gasteiger partial charge on any atom is -0.397 e. The van der Waals surface area contributed by atoms with Crippen molar-refractivity contribution in [2.75, 3.05) is 18.5 Å². The molecule has 3 N–H and O–H groups in total. The van der Waals surface area contributed by atoms with Crippen molar-refractivity contribution in [1.82, 2.24) is 5.32 Å². The first-order valence-corrected chi connectivity index (χ1v) is 6.44. The second-order valence-corrected chi connectivity index (χ2v) is 4.97. The molecule has 0 aliphatic carbocycles. The van der Waals surface area contributed by atoms with E-state index in [0.29, 0.717) is 17.1 Å². The number of carbonyl (C=O) groups excluding carboxylic acids is 1. The number of nitrogens with one attached hydrogen (secondary N) is 1. The molecule has 1 heterocycles. The van der Waals surface area contributed by atoms with E-state index in [9.17, 15) is 4.79 Å². The number of thioether (sulfide) groups is 1. The molecule has 0 saturated heterocycles. The zero-order valence-electron chi connectivity index (χ0n) is 8.29. The molecule has 0 aromatic carbocycles. The van der Waals surface area contributed by atoms with Gasteiger partial charge in [-0.15, -0.1) is 23.1 Å². The highest BCUT2D eigenvalue weighted by molar-refractivity contribution is 8.00. The number of rotatable bonds is 4. The predicted molar refractivity (Wildman–Crippen MR) is 63.1 cm³/mol. The van der Waals surface area contributed by atoms with Crippen LogP contribution in [0, 0.1) is 0 Å². The molecule has 0 saturated carbocycles. The Morgan fingerprint density at radius 2 is 2.43 bits per heavy atom. The highest BCUT2D eigenvalue weighted by atomic mass is 32.2. The Bertz CT molecular complexity index is 323. The van der Waals surface area contributed by atoms with Crippen molar-refractivity contribution in [2.24, 2.45) is 0 Å². The topological polar surface area (TPSA) is 55.1 Å². The van der Waals surface area contributed by atoms with Crippen molar-refractivity contribution in [3.63, 3.8) is 0 Å². The number of thiophene rings is 1. The van der Waals surface area contributed by atoms with Crippen LogP contribution >= 0.6 is 23.1 Å². The lowest BCUT2D eigenvalue weighted by molar-refractivity contribution is 0.0958. The molecule has 0 atom stereocenters. The van der Waals surface area contributed by atoms with Gasteiger partial charge in [-0.25, -0.2) is 0 Å². The van der Waals surface area contributed by atoms with Crippen LogP contribution in [0.2, 0.25) is 0 Å². The van der Waals surface area contributed by atoms with E-state index in [1.165, 1.54) is 11.3 Å². The second kappa shape index (κ2) is 5.26. The third-order valence-electron chi connectivity index (χ3n) is 1.68. The number of hydrogen-bond acceptors (Lipinski definition) is 4. The first-order valence-electron chi connectivity index (χ1n) is 4.40. The lowest BCUT2D eigenvalue weighted by Crippen LogP contribution is -2.23. The fraction of sp³-hybridized carbons (Fsp3) is 0.444. The van der Waals surface area contributed by atoms with Gasteiger partial charge >= 0.3 is 0 Å². The van der Waals surface area contributed by atoms with Gasteiger partial charge in [0.25, 0.3) is 5.91 Å². The molecule has 5 heteroatoms. The average molecular weight is 230 g/mol. The van der Waals surface area contributed by atoms with Gasteiger partial charge in [0.2, 0.25) is 0 Å². The van der Waals surface area contributed by atoms with Gasteiger partial charge in [-0.2, -0.15) is 0 Å². The van der Waals surface area contributed by atoms with Gasteiger partial charge in [0, 0.05) is 6.54 Å². The molecule has 14 heavy (non-hydrogen) atoms. The normalized spacial score (nSPS) is 10.1. The van der Waals surface area contributed by atoms with Crippen LogP contribution in [0.25, 0.3) is 0 Å². The van der Waals surface area contributed by atoms with Crippen LogP contribution in [-0.4, -0.2) is 18.7 Å². The van der Waals surface area contributed by atoms with Gasteiger partial charge in [-0.1, -0.05) is 6.92 Å². The summed E-state index contributed by atoms with van der Waals surface area (Å²) in [6.07, 6.45) is 2.91. The molecule has 0 aliphatic rings. The van der Waals surface area contributed by atoms with Crippen molar-refractivity contribution < 1.29 is 4.79 Å². The maximum Gasteiger partial charge on any atom is 0.263 e. The maximum absolute atomic E-state index is 11.6. The lowest BCUT2D eigenvalue weighted by Gasteiger charge is -2.00. The van der Waals surface area contributed by atoms with Gasteiger partial charge in [0.1, 0.15) is 4.88 Å². The molecule has 0 radical (unpaired) electrons. The number of carbonyl (C=O) groups is 1. The second-order valence-electron chi connectivity index (χ2n) is 2.81. The fourth-order valence-corrected chi connectivity index (χ4v) is 2.54. The average Bonchev–Trinajstić information content (AvgIpc) is 2.56. The van der Waals surface area contributed by atoms with E-state index in [4.69, 9.17) is 5.73 Å². The van der Waals surface area contributed by atoms with Crippen LogP contribution < -0.4 is 11.1 Å². The molecule has 1 aromatic heterocycles. The summed E-state index contributed by atoms with van der Waals surface area (Å²) in [7, 11) is 0. The Morgan fingerprint density at radius 1 is 1.71 bits per heavy atom. The van der Waals surface area contributed by atoms with E-state index in [1.807, 2.05) is 19.2 Å². The molecule has 0 spiro atoms. The van der Waals surface area contributed by atoms with Gasteiger partial charge in [0.05, 0.1) is 9.90 Å². The van der Waals surface area contributed by atoms with E-state index in [1.54, 1.807) is 11.8 Å². The smallest absolute Gasteiger partial charge is 0.263 e. The summed E-state index contributed by atoms with van der Waals surface area (Å²) in [5.41, 5.74) is 6.30. The van der Waals surface area contributed by atoms with Crippen molar-refractivity contribution in [3.05, 3.63) is 10.9 Å². The summed E-state index contributed by atoms with van der Waals surface area (Å²) in [5.74, 6) is -0.0605. The molecule has 0 aliphatic heterocycles. The molecule has 1 aromatic rings. The Labute approximate surface area is 92.1 Å². The maximum atomic E-state index is 11.6. The number of amides is 1. The van der Waals surface area contributed by atoms with E-state index in [0.717, 1.165) is 10.6 Å². The first-order chi connectivity index (χ1) is 6.69. The molecule has 78 valence electrons. The Morgan fingerprint density at radius 3 is 2.93 bits per heavy atom. The molecule has 0 fully saturated rings. The lowest BCUT2D eigenvalue weighted by atomic mass is 10.3. The third kappa shape index (κ3) is 2.65. The van der Waals surface area contributed by atoms with E-state index >= 15 is 0 Å². The molecular formula is C9H14N2OS2. The summed E-state index contributed by atoms with van der Waals surface area (Å²) in [4.78, 5) is 12.2.